The molecule has 4 N–H and O–H groups in total. The Balaban J connectivity index is -0.000000727. The first-order chi connectivity index (χ1) is 20.3. The first-order valence-corrected chi connectivity index (χ1v) is 17.4. The van der Waals surface area contributed by atoms with Crippen molar-refractivity contribution >= 4 is 35.0 Å². The lowest BCUT2D eigenvalue weighted by Crippen LogP contribution is -2.04. The van der Waals surface area contributed by atoms with Crippen LogP contribution in [0.5, 0.6) is 0 Å². The molecular weight excluding hydrogens is 553 g/mol. The molecule has 7 heteroatoms. The van der Waals surface area contributed by atoms with Gasteiger partial charge in [0.15, 0.2) is 0 Å². The van der Waals surface area contributed by atoms with Crippen molar-refractivity contribution in [3.05, 3.63) is 24.3 Å². The van der Waals surface area contributed by atoms with Crippen LogP contribution in [0.2, 0.25) is 0 Å². The Kier molecular flexibility index (Phi) is 42.3. The Bertz CT molecular complexity index is 583. The zero-order chi connectivity index (χ0) is 31.5. The van der Waals surface area contributed by atoms with Gasteiger partial charge in [-0.3, -0.25) is 9.59 Å². The molecule has 2 atom stereocenters. The predicted molar refractivity (Wildman–Crippen MR) is 183 cm³/mol. The van der Waals surface area contributed by atoms with Crippen molar-refractivity contribution in [2.75, 3.05) is 0 Å². The summed E-state index contributed by atoms with van der Waals surface area (Å²) in [7, 11) is 0. The van der Waals surface area contributed by atoms with Gasteiger partial charge in [-0.2, -0.15) is 0 Å². The summed E-state index contributed by atoms with van der Waals surface area (Å²) in [6.45, 7) is 4.40. The van der Waals surface area contributed by atoms with Crippen molar-refractivity contribution in [3.63, 3.8) is 0 Å². The normalized spacial score (nSPS) is 12.6. The minimum absolute atomic E-state index is 0. The van der Waals surface area contributed by atoms with Crippen molar-refractivity contribution in [2.24, 2.45) is 0 Å². The summed E-state index contributed by atoms with van der Waals surface area (Å²) in [5.74, 6) is -1.38. The van der Waals surface area contributed by atoms with Gasteiger partial charge in [0.1, 0.15) is 0 Å². The van der Waals surface area contributed by atoms with E-state index < -0.39 is 11.9 Å². The average molecular weight is 621 g/mol. The highest BCUT2D eigenvalue weighted by Gasteiger charge is 2.02. The highest BCUT2D eigenvalue weighted by molar-refractivity contribution is 5.75. The number of allylic oxidation sites excluding steroid dienone is 2. The largest absolute Gasteiger partial charge is 0.481 e. The molecule has 43 heavy (non-hydrogen) atoms. The second-order valence-corrected chi connectivity index (χ2v) is 11.8. The quantitative estimate of drug-likeness (QED) is 0.0361. The maximum atomic E-state index is 10.3. The minimum atomic E-state index is -0.689. The number of aliphatic carboxylic acids is 2. The van der Waals surface area contributed by atoms with Crippen LogP contribution in [-0.4, -0.2) is 67.6 Å². The van der Waals surface area contributed by atoms with E-state index in [2.05, 4.69) is 38.2 Å². The van der Waals surface area contributed by atoms with E-state index in [9.17, 15) is 19.8 Å². The Hall–Kier alpha value is -0.894. The molecule has 0 aliphatic carbocycles. The van der Waals surface area contributed by atoms with Crippen molar-refractivity contribution in [3.8, 4) is 0 Å². The molecule has 0 aromatic carbocycles. The van der Waals surface area contributed by atoms with Crippen LogP contribution in [0.15, 0.2) is 24.3 Å². The summed E-state index contributed by atoms with van der Waals surface area (Å²) < 4.78 is 0. The second-order valence-electron chi connectivity index (χ2n) is 11.8. The van der Waals surface area contributed by atoms with Gasteiger partial charge in [0, 0.05) is 35.9 Å². The molecule has 0 aromatic rings. The Labute approximate surface area is 281 Å². The number of hydrogen-bond acceptors (Lipinski definition) is 4. The molecule has 0 fully saturated rings. The SMILES string of the molecule is CCCCCC[C@@H](O)C/C=C\CCCCCCCC(=O)O.CCCCCC[C@@H](O)C/C=C\CCCCCCCC(=O)O.[Mg]. The fourth-order valence-electron chi connectivity index (χ4n) is 4.73. The third kappa shape index (κ3) is 45.7. The molecule has 0 spiro atoms. The van der Waals surface area contributed by atoms with Crippen molar-refractivity contribution in [1.82, 2.24) is 0 Å². The number of unbranched alkanes of at least 4 members (excludes halogenated alkanes) is 16. The van der Waals surface area contributed by atoms with Gasteiger partial charge < -0.3 is 20.4 Å². The zero-order valence-corrected chi connectivity index (χ0v) is 29.6. The third-order valence-electron chi connectivity index (χ3n) is 7.45. The molecule has 2 radical (unpaired) electrons. The van der Waals surface area contributed by atoms with Gasteiger partial charge in [0.25, 0.3) is 0 Å². The number of aliphatic hydroxyl groups is 2. The molecule has 0 aliphatic rings. The second kappa shape index (κ2) is 39.1. The van der Waals surface area contributed by atoms with Gasteiger partial charge in [-0.25, -0.2) is 0 Å². The highest BCUT2D eigenvalue weighted by atomic mass is 24.3. The molecule has 0 aliphatic heterocycles. The number of carbonyl (C=O) groups is 2. The van der Waals surface area contributed by atoms with Gasteiger partial charge in [-0.15, -0.1) is 0 Å². The summed E-state index contributed by atoms with van der Waals surface area (Å²) >= 11 is 0. The van der Waals surface area contributed by atoms with E-state index in [0.717, 1.165) is 103 Å². The maximum absolute atomic E-state index is 10.3. The monoisotopic (exact) mass is 620 g/mol. The van der Waals surface area contributed by atoms with Crippen LogP contribution < -0.4 is 0 Å². The summed E-state index contributed by atoms with van der Waals surface area (Å²) in [6, 6.07) is 0. The third-order valence-corrected chi connectivity index (χ3v) is 7.45. The first-order valence-electron chi connectivity index (χ1n) is 17.4. The summed E-state index contributed by atoms with van der Waals surface area (Å²) in [5, 5.41) is 36.6. The lowest BCUT2D eigenvalue weighted by molar-refractivity contribution is -0.138. The summed E-state index contributed by atoms with van der Waals surface area (Å²) in [5.41, 5.74) is 0. The van der Waals surface area contributed by atoms with Crippen molar-refractivity contribution in [2.45, 2.75) is 193 Å². The molecule has 0 saturated heterocycles. The van der Waals surface area contributed by atoms with Gasteiger partial charge in [0.2, 0.25) is 0 Å². The lowest BCUT2D eigenvalue weighted by Gasteiger charge is -2.07. The molecule has 0 aromatic heterocycles. The molecule has 250 valence electrons. The van der Waals surface area contributed by atoms with Crippen LogP contribution in [0.4, 0.5) is 0 Å². The topological polar surface area (TPSA) is 115 Å². The number of carboxylic acids is 2. The van der Waals surface area contributed by atoms with Gasteiger partial charge in [0.05, 0.1) is 12.2 Å². The molecule has 0 bridgehead atoms. The average Bonchev–Trinajstić information content (AvgIpc) is 2.95. The number of carboxylic acid groups (broad SMARTS) is 2. The highest BCUT2D eigenvalue weighted by Crippen LogP contribution is 2.12. The lowest BCUT2D eigenvalue weighted by atomic mass is 10.1. The van der Waals surface area contributed by atoms with Crippen LogP contribution in [0.1, 0.15) is 181 Å². The van der Waals surface area contributed by atoms with E-state index in [1.165, 1.54) is 51.4 Å². The fraction of sp³-hybridized carbons (Fsp3) is 0.833. The van der Waals surface area contributed by atoms with E-state index in [1.54, 1.807) is 0 Å². The maximum Gasteiger partial charge on any atom is 0.303 e. The molecule has 0 heterocycles. The van der Waals surface area contributed by atoms with Crippen LogP contribution in [-0.2, 0) is 9.59 Å². The van der Waals surface area contributed by atoms with Crippen LogP contribution >= 0.6 is 0 Å². The van der Waals surface area contributed by atoms with Gasteiger partial charge in [-0.05, 0) is 64.2 Å². The standard InChI is InChI=1S/2C18H34O3.Mg/c2*1-2-3-4-11-14-17(19)15-12-9-7-5-6-8-10-13-16-18(20)21;/h2*9,12,17,19H,2-8,10-11,13-16H2,1H3,(H,20,21);/b2*12-9-;/t2*17-;/m11./s1. The van der Waals surface area contributed by atoms with E-state index in [-0.39, 0.29) is 35.3 Å². The van der Waals surface area contributed by atoms with Crippen LogP contribution in [0.3, 0.4) is 0 Å². The first kappa shape index (κ1) is 46.5. The van der Waals surface area contributed by atoms with E-state index in [1.807, 2.05) is 0 Å². The minimum Gasteiger partial charge on any atom is -0.481 e. The smallest absolute Gasteiger partial charge is 0.303 e. The van der Waals surface area contributed by atoms with Crippen molar-refractivity contribution < 1.29 is 30.0 Å². The summed E-state index contributed by atoms with van der Waals surface area (Å²) in [6.07, 6.45) is 34.7. The molecule has 0 rings (SSSR count). The predicted octanol–water partition coefficient (Wildman–Crippen LogP) is 9.78. The molecule has 0 amide bonds. The zero-order valence-electron chi connectivity index (χ0n) is 28.2. The van der Waals surface area contributed by atoms with Crippen LogP contribution in [0, 0.1) is 0 Å². The van der Waals surface area contributed by atoms with E-state index >= 15 is 0 Å². The molecule has 0 unspecified atom stereocenters. The fourth-order valence-corrected chi connectivity index (χ4v) is 4.73. The molecular formula is C36H68MgO6. The number of rotatable bonds is 30. The van der Waals surface area contributed by atoms with Crippen molar-refractivity contribution in [1.29, 1.82) is 0 Å². The summed E-state index contributed by atoms with van der Waals surface area (Å²) in [4.78, 5) is 20.7. The Morgan fingerprint density at radius 1 is 0.488 bits per heavy atom. The Morgan fingerprint density at radius 2 is 0.814 bits per heavy atom. The molecule has 0 saturated carbocycles. The van der Waals surface area contributed by atoms with Crippen LogP contribution in [0.25, 0.3) is 0 Å². The van der Waals surface area contributed by atoms with Gasteiger partial charge in [-0.1, -0.05) is 128 Å². The van der Waals surface area contributed by atoms with E-state index in [4.69, 9.17) is 10.2 Å². The Morgan fingerprint density at radius 3 is 1.16 bits per heavy atom. The number of hydrogen-bond donors (Lipinski definition) is 4. The molecule has 6 nitrogen and oxygen atoms in total. The number of aliphatic hydroxyl groups excluding tert-OH is 2. The van der Waals surface area contributed by atoms with Gasteiger partial charge >= 0.3 is 11.9 Å². The van der Waals surface area contributed by atoms with E-state index in [0.29, 0.717) is 12.8 Å².